The van der Waals surface area contributed by atoms with Crippen molar-refractivity contribution in [2.24, 2.45) is 0 Å². The highest BCUT2D eigenvalue weighted by Crippen LogP contribution is 2.38. The van der Waals surface area contributed by atoms with E-state index in [0.29, 0.717) is 12.0 Å². The Morgan fingerprint density at radius 3 is 3.00 bits per heavy atom. The van der Waals surface area contributed by atoms with Gasteiger partial charge in [0.25, 0.3) is 0 Å². The largest absolute Gasteiger partial charge is 0.317 e. The molecule has 0 radical (unpaired) electrons. The van der Waals surface area contributed by atoms with Gasteiger partial charge < -0.3 is 5.32 Å². The van der Waals surface area contributed by atoms with E-state index in [1.165, 1.54) is 10.4 Å². The van der Waals surface area contributed by atoms with Crippen molar-refractivity contribution in [3.63, 3.8) is 0 Å². The number of amides is 1. The van der Waals surface area contributed by atoms with Crippen LogP contribution in [-0.4, -0.2) is 11.2 Å². The molecule has 96 valence electrons. The minimum Gasteiger partial charge on any atom is -0.317 e. The van der Waals surface area contributed by atoms with Crippen molar-refractivity contribution in [2.45, 2.75) is 38.5 Å². The second-order valence-electron chi connectivity index (χ2n) is 4.37. The van der Waals surface area contributed by atoms with Gasteiger partial charge in [-0.15, -0.1) is 11.3 Å². The van der Waals surface area contributed by atoms with E-state index < -0.39 is 0 Å². The monoisotopic (exact) mass is 326 g/mol. The van der Waals surface area contributed by atoms with Gasteiger partial charge in [-0.3, -0.25) is 4.79 Å². The number of hydrogen-bond donors (Lipinski definition) is 1. The number of aryl methyl sites for hydroxylation is 1. The summed E-state index contributed by atoms with van der Waals surface area (Å²) in [7, 11) is 0. The molecule has 0 saturated carbocycles. The zero-order valence-corrected chi connectivity index (χ0v) is 12.5. The number of nitrogens with zero attached hydrogens (tertiary/aromatic N) is 1. The highest BCUT2D eigenvalue weighted by atomic mass is 79.9. The van der Waals surface area contributed by atoms with E-state index in [2.05, 4.69) is 27.3 Å². The molecule has 3 nitrogen and oxygen atoms in total. The molecule has 1 heterocycles. The fourth-order valence-electron chi connectivity index (χ4n) is 2.18. The number of alkyl halides is 1. The van der Waals surface area contributed by atoms with E-state index in [9.17, 15) is 10.1 Å². The van der Waals surface area contributed by atoms with Crippen LogP contribution < -0.4 is 5.32 Å². The quantitative estimate of drug-likeness (QED) is 0.663. The van der Waals surface area contributed by atoms with Crippen molar-refractivity contribution in [1.29, 1.82) is 5.26 Å². The van der Waals surface area contributed by atoms with Crippen LogP contribution in [0, 0.1) is 11.3 Å². The minimum absolute atomic E-state index is 0.0207. The Labute approximate surface area is 119 Å². The van der Waals surface area contributed by atoms with Gasteiger partial charge in [0, 0.05) is 16.6 Å². The Balaban J connectivity index is 2.02. The molecular formula is C13H15BrN2OS. The summed E-state index contributed by atoms with van der Waals surface area (Å²) in [5.74, 6) is 0.0207. The van der Waals surface area contributed by atoms with Gasteiger partial charge in [-0.1, -0.05) is 15.9 Å². The van der Waals surface area contributed by atoms with Gasteiger partial charge >= 0.3 is 0 Å². The second kappa shape index (κ2) is 6.35. The predicted octanol–water partition coefficient (Wildman–Crippen LogP) is 3.61. The molecule has 5 heteroatoms. The van der Waals surface area contributed by atoms with Gasteiger partial charge in [0.1, 0.15) is 11.1 Å². The van der Waals surface area contributed by atoms with E-state index >= 15 is 0 Å². The Hall–Kier alpha value is -0.860. The van der Waals surface area contributed by atoms with Crippen molar-refractivity contribution in [2.75, 3.05) is 10.6 Å². The fraction of sp³-hybridized carbons (Fsp3) is 0.538. The number of thiophene rings is 1. The molecule has 0 unspecified atom stereocenters. The molecule has 2 rings (SSSR count). The van der Waals surface area contributed by atoms with Crippen LogP contribution in [0.25, 0.3) is 0 Å². The van der Waals surface area contributed by atoms with Crippen LogP contribution in [0.1, 0.15) is 41.7 Å². The third-order valence-corrected chi connectivity index (χ3v) is 4.84. The topological polar surface area (TPSA) is 52.9 Å². The van der Waals surface area contributed by atoms with Crippen LogP contribution in [0.4, 0.5) is 5.00 Å². The lowest BCUT2D eigenvalue weighted by atomic mass is 10.1. The first kappa shape index (κ1) is 13.6. The van der Waals surface area contributed by atoms with Crippen LogP contribution in [0.3, 0.4) is 0 Å². The number of carbonyl (C=O) groups is 1. The smallest absolute Gasteiger partial charge is 0.225 e. The highest BCUT2D eigenvalue weighted by Gasteiger charge is 2.22. The summed E-state index contributed by atoms with van der Waals surface area (Å²) in [4.78, 5) is 13.0. The van der Waals surface area contributed by atoms with Gasteiger partial charge in [-0.2, -0.15) is 5.26 Å². The second-order valence-corrected chi connectivity index (χ2v) is 6.27. The van der Waals surface area contributed by atoms with E-state index in [-0.39, 0.29) is 5.91 Å². The average Bonchev–Trinajstić information content (AvgIpc) is 2.89. The Kier molecular flexibility index (Phi) is 4.79. The lowest BCUT2D eigenvalue weighted by molar-refractivity contribution is -0.116. The molecule has 0 spiro atoms. The number of nitriles is 1. The summed E-state index contributed by atoms with van der Waals surface area (Å²) in [5.41, 5.74) is 1.86. The number of anilines is 1. The predicted molar refractivity (Wildman–Crippen MR) is 77.3 cm³/mol. The van der Waals surface area contributed by atoms with Crippen molar-refractivity contribution in [3.05, 3.63) is 16.0 Å². The van der Waals surface area contributed by atoms with Crippen molar-refractivity contribution < 1.29 is 4.79 Å². The Morgan fingerprint density at radius 2 is 2.28 bits per heavy atom. The third-order valence-electron chi connectivity index (χ3n) is 3.07. The molecule has 1 aliphatic rings. The molecule has 0 aromatic carbocycles. The number of rotatable bonds is 5. The normalized spacial score (nSPS) is 13.1. The molecule has 18 heavy (non-hydrogen) atoms. The molecule has 1 N–H and O–H groups in total. The summed E-state index contributed by atoms with van der Waals surface area (Å²) >= 11 is 4.92. The molecule has 0 fully saturated rings. The summed E-state index contributed by atoms with van der Waals surface area (Å²) in [6, 6.07) is 2.24. The average molecular weight is 327 g/mol. The summed E-state index contributed by atoms with van der Waals surface area (Å²) in [6.07, 6.45) is 5.57. The molecule has 0 saturated heterocycles. The number of unbranched alkanes of at least 4 members (excludes halogenated alkanes) is 1. The number of nitrogens with one attached hydrogen (secondary N) is 1. The van der Waals surface area contributed by atoms with Gasteiger partial charge in [0.2, 0.25) is 5.91 Å². The van der Waals surface area contributed by atoms with E-state index in [1.807, 2.05) is 0 Å². The van der Waals surface area contributed by atoms with Crippen LogP contribution >= 0.6 is 27.3 Å². The molecule has 1 aromatic heterocycles. The van der Waals surface area contributed by atoms with Crippen molar-refractivity contribution in [3.8, 4) is 6.07 Å². The van der Waals surface area contributed by atoms with Gasteiger partial charge in [0.15, 0.2) is 0 Å². The molecular weight excluding hydrogens is 312 g/mol. The molecule has 0 atom stereocenters. The third kappa shape index (κ3) is 2.93. The van der Waals surface area contributed by atoms with Crippen LogP contribution in [-0.2, 0) is 17.6 Å². The maximum absolute atomic E-state index is 11.8. The van der Waals surface area contributed by atoms with Crippen LogP contribution in [0.15, 0.2) is 0 Å². The first-order chi connectivity index (χ1) is 8.76. The Bertz CT molecular complexity index is 490. The van der Waals surface area contributed by atoms with Crippen molar-refractivity contribution >= 4 is 38.2 Å². The summed E-state index contributed by atoms with van der Waals surface area (Å²) < 4.78 is 0. The fourth-order valence-corrected chi connectivity index (χ4v) is 3.83. The molecule has 0 aliphatic heterocycles. The van der Waals surface area contributed by atoms with Gasteiger partial charge in [-0.05, 0) is 37.7 Å². The van der Waals surface area contributed by atoms with E-state index in [1.54, 1.807) is 11.3 Å². The maximum atomic E-state index is 11.8. The molecule has 1 aromatic rings. The zero-order chi connectivity index (χ0) is 13.0. The molecule has 0 bridgehead atoms. The molecule has 1 aliphatic carbocycles. The number of carbonyl (C=O) groups excluding carboxylic acids is 1. The lowest BCUT2D eigenvalue weighted by Gasteiger charge is -2.03. The van der Waals surface area contributed by atoms with Gasteiger partial charge in [-0.25, -0.2) is 0 Å². The SMILES string of the molecule is N#Cc1c(NC(=O)CCCCBr)sc2c1CCC2. The Morgan fingerprint density at radius 1 is 1.44 bits per heavy atom. The van der Waals surface area contributed by atoms with Gasteiger partial charge in [0.05, 0.1) is 5.56 Å². The van der Waals surface area contributed by atoms with Crippen molar-refractivity contribution in [1.82, 2.24) is 0 Å². The van der Waals surface area contributed by atoms with Crippen LogP contribution in [0.2, 0.25) is 0 Å². The highest BCUT2D eigenvalue weighted by molar-refractivity contribution is 9.09. The first-order valence-corrected chi connectivity index (χ1v) is 8.10. The molecule has 1 amide bonds. The number of fused-ring (bicyclic) bond motifs is 1. The standard InChI is InChI=1S/C13H15BrN2OS/c14-7-2-1-6-12(17)16-13-10(8-15)9-4-3-5-11(9)18-13/h1-7H2,(H,16,17). The number of halogens is 1. The minimum atomic E-state index is 0.0207. The lowest BCUT2D eigenvalue weighted by Crippen LogP contribution is -2.11. The van der Waals surface area contributed by atoms with Crippen LogP contribution in [0.5, 0.6) is 0 Å². The first-order valence-electron chi connectivity index (χ1n) is 6.16. The summed E-state index contributed by atoms with van der Waals surface area (Å²) in [5, 5.41) is 13.8. The van der Waals surface area contributed by atoms with E-state index in [0.717, 1.165) is 42.4 Å². The van der Waals surface area contributed by atoms with E-state index in [4.69, 9.17) is 0 Å². The summed E-state index contributed by atoms with van der Waals surface area (Å²) in [6.45, 7) is 0. The zero-order valence-electron chi connectivity index (χ0n) is 10.1. The maximum Gasteiger partial charge on any atom is 0.225 e. The number of hydrogen-bond acceptors (Lipinski definition) is 3.